The third-order valence-corrected chi connectivity index (χ3v) is 5.39. The lowest BCUT2D eigenvalue weighted by Crippen LogP contribution is -2.36. The minimum atomic E-state index is -4.51. The number of hydrogen-bond acceptors (Lipinski definition) is 10. The number of phosphoric acid groups is 1. The Balaban J connectivity index is 1.89. The SMILES string of the molecule is CC(C)OC(=O)CCCOP(=O)(O)OCC1OC(n2ccc(=O)[nH]c2=O)C(O)C1CO. The second-order valence-electron chi connectivity index (χ2n) is 7.16. The molecule has 0 saturated carbocycles. The molecule has 13 nitrogen and oxygen atoms in total. The first-order chi connectivity index (χ1) is 14.5. The summed E-state index contributed by atoms with van der Waals surface area (Å²) in [6.07, 6.45) is -2.66. The number of phosphoric ester groups is 1. The van der Waals surface area contributed by atoms with Crippen molar-refractivity contribution in [2.75, 3.05) is 19.8 Å². The van der Waals surface area contributed by atoms with Gasteiger partial charge in [-0.05, 0) is 20.3 Å². The van der Waals surface area contributed by atoms with Crippen LogP contribution in [0.1, 0.15) is 32.9 Å². The second kappa shape index (κ2) is 11.1. The number of hydrogen-bond donors (Lipinski definition) is 4. The van der Waals surface area contributed by atoms with Gasteiger partial charge in [-0.25, -0.2) is 9.36 Å². The number of carbonyl (C=O) groups is 1. The van der Waals surface area contributed by atoms with Gasteiger partial charge < -0.3 is 24.6 Å². The summed E-state index contributed by atoms with van der Waals surface area (Å²) in [6.45, 7) is 2.07. The fourth-order valence-corrected chi connectivity index (χ4v) is 3.73. The molecule has 31 heavy (non-hydrogen) atoms. The van der Waals surface area contributed by atoms with Crippen LogP contribution >= 0.6 is 7.82 Å². The molecule has 0 bridgehead atoms. The van der Waals surface area contributed by atoms with E-state index < -0.39 is 62.6 Å². The van der Waals surface area contributed by atoms with Gasteiger partial charge in [-0.1, -0.05) is 0 Å². The molecule has 0 radical (unpaired) electrons. The molecule has 1 aromatic rings. The van der Waals surface area contributed by atoms with Crippen LogP contribution in [0.3, 0.4) is 0 Å². The van der Waals surface area contributed by atoms with Crippen LogP contribution in [0.15, 0.2) is 21.9 Å². The number of rotatable bonds is 11. The van der Waals surface area contributed by atoms with Crippen LogP contribution in [0.25, 0.3) is 0 Å². The molecule has 0 aliphatic carbocycles. The molecule has 1 aliphatic heterocycles. The molecule has 0 spiro atoms. The first kappa shape index (κ1) is 25.4. The lowest BCUT2D eigenvalue weighted by Gasteiger charge is -2.19. The number of aliphatic hydroxyl groups excluding tert-OH is 2. The average Bonchev–Trinajstić information content (AvgIpc) is 2.98. The lowest BCUT2D eigenvalue weighted by molar-refractivity contribution is -0.147. The number of ether oxygens (including phenoxy) is 2. The molecule has 1 fully saturated rings. The highest BCUT2D eigenvalue weighted by atomic mass is 31.2. The van der Waals surface area contributed by atoms with Gasteiger partial charge in [0, 0.05) is 24.6 Å². The molecule has 5 unspecified atom stereocenters. The van der Waals surface area contributed by atoms with Crippen molar-refractivity contribution in [1.29, 1.82) is 0 Å². The number of nitrogens with one attached hydrogen (secondary N) is 1. The smallest absolute Gasteiger partial charge is 0.463 e. The summed E-state index contributed by atoms with van der Waals surface area (Å²) >= 11 is 0. The summed E-state index contributed by atoms with van der Waals surface area (Å²) in [5.41, 5.74) is -1.47. The molecular weight excluding hydrogens is 439 g/mol. The van der Waals surface area contributed by atoms with Gasteiger partial charge in [0.15, 0.2) is 6.23 Å². The summed E-state index contributed by atoms with van der Waals surface area (Å²) in [5.74, 6) is -1.40. The zero-order chi connectivity index (χ0) is 23.2. The van der Waals surface area contributed by atoms with E-state index in [2.05, 4.69) is 0 Å². The predicted octanol–water partition coefficient (Wildman–Crippen LogP) is -0.731. The Kier molecular flexibility index (Phi) is 9.13. The molecule has 0 aromatic carbocycles. The number of H-pyrrole nitrogens is 1. The zero-order valence-electron chi connectivity index (χ0n) is 17.1. The third-order valence-electron chi connectivity index (χ3n) is 4.41. The Hall–Kier alpha value is -1.86. The van der Waals surface area contributed by atoms with E-state index in [9.17, 15) is 34.1 Å². The standard InChI is InChI=1S/C17H27N2O11P/c1-10(2)29-14(22)4-3-7-27-31(25,26)28-9-12-11(8-20)15(23)16(30-12)19-6-5-13(21)18-17(19)24/h5-6,10-12,15-16,20,23H,3-4,7-9H2,1-2H3,(H,25,26)(H,18,21,24). The number of carbonyl (C=O) groups excluding carboxylic acids is 1. The van der Waals surface area contributed by atoms with E-state index in [4.69, 9.17) is 18.5 Å². The van der Waals surface area contributed by atoms with Gasteiger partial charge in [0.25, 0.3) is 5.56 Å². The normalized spacial score (nSPS) is 25.5. The summed E-state index contributed by atoms with van der Waals surface area (Å²) in [6, 6.07) is 1.06. The van der Waals surface area contributed by atoms with Crippen LogP contribution in [0.5, 0.6) is 0 Å². The van der Waals surface area contributed by atoms with E-state index in [1.165, 1.54) is 0 Å². The summed E-state index contributed by atoms with van der Waals surface area (Å²) in [7, 11) is -4.51. The first-order valence-electron chi connectivity index (χ1n) is 9.61. The number of aromatic amines is 1. The van der Waals surface area contributed by atoms with E-state index in [1.54, 1.807) is 13.8 Å². The molecule has 1 aromatic heterocycles. The van der Waals surface area contributed by atoms with Crippen LogP contribution < -0.4 is 11.2 Å². The molecule has 2 rings (SSSR count). The highest BCUT2D eigenvalue weighted by Gasteiger charge is 2.45. The van der Waals surface area contributed by atoms with Gasteiger partial charge in [0.05, 0.1) is 32.0 Å². The number of aliphatic hydroxyl groups is 2. The Bertz CT molecular complexity index is 899. The quantitative estimate of drug-likeness (QED) is 0.183. The van der Waals surface area contributed by atoms with Crippen LogP contribution in [-0.2, 0) is 27.9 Å². The minimum absolute atomic E-state index is 0.00169. The topological polar surface area (TPSA) is 187 Å². The van der Waals surface area contributed by atoms with E-state index >= 15 is 0 Å². The van der Waals surface area contributed by atoms with E-state index in [-0.39, 0.29) is 25.6 Å². The van der Waals surface area contributed by atoms with Crippen molar-refractivity contribution >= 4 is 13.8 Å². The minimum Gasteiger partial charge on any atom is -0.463 e. The Morgan fingerprint density at radius 3 is 2.68 bits per heavy atom. The fourth-order valence-electron chi connectivity index (χ4n) is 2.96. The van der Waals surface area contributed by atoms with E-state index in [0.29, 0.717) is 0 Å². The summed E-state index contributed by atoms with van der Waals surface area (Å²) < 4.78 is 33.1. The van der Waals surface area contributed by atoms with Crippen LogP contribution in [-0.4, -0.2) is 68.8 Å². The van der Waals surface area contributed by atoms with Crippen LogP contribution in [0, 0.1) is 5.92 Å². The van der Waals surface area contributed by atoms with E-state index in [0.717, 1.165) is 16.8 Å². The number of esters is 1. The van der Waals surface area contributed by atoms with Crippen LogP contribution in [0.4, 0.5) is 0 Å². The molecule has 4 N–H and O–H groups in total. The number of aromatic nitrogens is 2. The maximum absolute atomic E-state index is 12.0. The van der Waals surface area contributed by atoms with Gasteiger partial charge >= 0.3 is 19.5 Å². The van der Waals surface area contributed by atoms with Crippen molar-refractivity contribution in [3.05, 3.63) is 33.1 Å². The number of nitrogens with zero attached hydrogens (tertiary/aromatic N) is 1. The second-order valence-corrected chi connectivity index (χ2v) is 8.61. The molecular formula is C17H27N2O11P. The highest BCUT2D eigenvalue weighted by Crippen LogP contribution is 2.45. The Morgan fingerprint density at radius 1 is 1.35 bits per heavy atom. The maximum Gasteiger partial charge on any atom is 0.472 e. The fraction of sp³-hybridized carbons (Fsp3) is 0.706. The van der Waals surface area contributed by atoms with E-state index in [1.807, 2.05) is 4.98 Å². The molecule has 5 atom stereocenters. The largest absolute Gasteiger partial charge is 0.472 e. The van der Waals surface area contributed by atoms with Crippen molar-refractivity contribution in [2.45, 2.75) is 51.2 Å². The monoisotopic (exact) mass is 466 g/mol. The van der Waals surface area contributed by atoms with Gasteiger partial charge in [0.1, 0.15) is 6.10 Å². The zero-order valence-corrected chi connectivity index (χ0v) is 18.0. The van der Waals surface area contributed by atoms with Gasteiger partial charge in [-0.2, -0.15) is 0 Å². The Morgan fingerprint density at radius 2 is 2.06 bits per heavy atom. The van der Waals surface area contributed by atoms with Crippen molar-refractivity contribution < 1.29 is 43.0 Å². The summed E-state index contributed by atoms with van der Waals surface area (Å²) in [4.78, 5) is 46.4. The molecule has 1 aliphatic rings. The molecule has 14 heteroatoms. The van der Waals surface area contributed by atoms with Gasteiger partial charge in [-0.15, -0.1) is 0 Å². The van der Waals surface area contributed by atoms with Crippen molar-refractivity contribution in [2.24, 2.45) is 5.92 Å². The molecule has 2 heterocycles. The first-order valence-corrected chi connectivity index (χ1v) is 11.1. The summed E-state index contributed by atoms with van der Waals surface area (Å²) in [5, 5.41) is 19.9. The van der Waals surface area contributed by atoms with Gasteiger partial charge in [0.2, 0.25) is 0 Å². The highest BCUT2D eigenvalue weighted by molar-refractivity contribution is 7.47. The maximum atomic E-state index is 12.0. The predicted molar refractivity (Wildman–Crippen MR) is 104 cm³/mol. The Labute approximate surface area is 177 Å². The van der Waals surface area contributed by atoms with Crippen molar-refractivity contribution in [3.63, 3.8) is 0 Å². The van der Waals surface area contributed by atoms with Crippen molar-refractivity contribution in [1.82, 2.24) is 9.55 Å². The van der Waals surface area contributed by atoms with Crippen molar-refractivity contribution in [3.8, 4) is 0 Å². The molecule has 0 amide bonds. The van der Waals surface area contributed by atoms with Crippen LogP contribution in [0.2, 0.25) is 0 Å². The van der Waals surface area contributed by atoms with Gasteiger partial charge in [-0.3, -0.25) is 28.2 Å². The molecule has 1 saturated heterocycles. The third kappa shape index (κ3) is 7.35. The molecule has 176 valence electrons. The average molecular weight is 466 g/mol. The lowest BCUT2D eigenvalue weighted by atomic mass is 9.99.